The minimum atomic E-state index is -1.05. The lowest BCUT2D eigenvalue weighted by molar-refractivity contribution is -0.136. The third-order valence-electron chi connectivity index (χ3n) is 6.72. The molecule has 0 aromatic heterocycles. The molecule has 1 saturated carbocycles. The number of hydrogen-bond donors (Lipinski definition) is 0. The number of nitrogens with zero attached hydrogens (tertiary/aromatic N) is 1. The summed E-state index contributed by atoms with van der Waals surface area (Å²) >= 11 is 0. The van der Waals surface area contributed by atoms with Gasteiger partial charge in [0.05, 0.1) is 30.2 Å². The number of carbonyl (C=O) groups excluding carboxylic acids is 3. The summed E-state index contributed by atoms with van der Waals surface area (Å²) in [5.41, 5.74) is 2.25. The molecule has 1 amide bonds. The molecule has 4 atom stereocenters. The van der Waals surface area contributed by atoms with E-state index in [-0.39, 0.29) is 36.0 Å². The van der Waals surface area contributed by atoms with Crippen molar-refractivity contribution in [3.05, 3.63) is 82.6 Å². The summed E-state index contributed by atoms with van der Waals surface area (Å²) in [5, 5.41) is 0. The maximum atomic E-state index is 14.1. The molecule has 1 aliphatic carbocycles. The smallest absolute Gasteiger partial charge is 0.337 e. The second-order valence-electron chi connectivity index (χ2n) is 8.71. The average Bonchev–Trinajstić information content (AvgIpc) is 3.11. The molecule has 7 heteroatoms. The molecule has 2 aromatic carbocycles. The van der Waals surface area contributed by atoms with Crippen LogP contribution >= 0.6 is 0 Å². The number of halogens is 1. The Balaban J connectivity index is 1.56. The highest BCUT2D eigenvalue weighted by Gasteiger charge is 2.52. The molecule has 0 bridgehead atoms. The van der Waals surface area contributed by atoms with Gasteiger partial charge in [0.25, 0.3) is 5.91 Å². The quantitative estimate of drug-likeness (QED) is 0.662. The van der Waals surface area contributed by atoms with E-state index in [4.69, 9.17) is 9.47 Å². The monoisotopic (exact) mass is 449 g/mol. The van der Waals surface area contributed by atoms with Crippen LogP contribution in [0.3, 0.4) is 0 Å². The van der Waals surface area contributed by atoms with Crippen LogP contribution in [-0.2, 0) is 25.6 Å². The van der Waals surface area contributed by atoms with Crippen LogP contribution in [0.25, 0.3) is 0 Å². The van der Waals surface area contributed by atoms with Crippen molar-refractivity contribution in [2.24, 2.45) is 5.92 Å². The number of hydrogen-bond acceptors (Lipinski definition) is 5. The Morgan fingerprint density at radius 3 is 2.52 bits per heavy atom. The van der Waals surface area contributed by atoms with Gasteiger partial charge in [-0.3, -0.25) is 9.59 Å². The summed E-state index contributed by atoms with van der Waals surface area (Å²) in [6, 6.07) is 15.5. The van der Waals surface area contributed by atoms with E-state index in [0.29, 0.717) is 24.0 Å². The van der Waals surface area contributed by atoms with Gasteiger partial charge in [0.2, 0.25) is 0 Å². The number of amides is 1. The number of ether oxygens (including phenoxy) is 2. The van der Waals surface area contributed by atoms with Crippen molar-refractivity contribution in [1.82, 2.24) is 4.90 Å². The fourth-order valence-electron chi connectivity index (χ4n) is 5.07. The van der Waals surface area contributed by atoms with Crippen LogP contribution in [0.4, 0.5) is 4.39 Å². The van der Waals surface area contributed by atoms with Crippen molar-refractivity contribution in [2.75, 3.05) is 7.11 Å². The van der Waals surface area contributed by atoms with Crippen LogP contribution in [0.1, 0.15) is 46.8 Å². The molecular formula is C26H24FNO5. The van der Waals surface area contributed by atoms with Gasteiger partial charge >= 0.3 is 5.97 Å². The van der Waals surface area contributed by atoms with Gasteiger partial charge in [0, 0.05) is 6.54 Å². The van der Waals surface area contributed by atoms with Gasteiger partial charge in [-0.1, -0.05) is 42.5 Å². The van der Waals surface area contributed by atoms with Crippen molar-refractivity contribution in [3.63, 3.8) is 0 Å². The minimum absolute atomic E-state index is 0.0801. The van der Waals surface area contributed by atoms with E-state index in [1.54, 1.807) is 29.2 Å². The zero-order valence-electron chi connectivity index (χ0n) is 18.2. The van der Waals surface area contributed by atoms with E-state index in [1.165, 1.54) is 7.11 Å². The number of alkyl halides is 1. The molecule has 0 N–H and O–H groups in total. The topological polar surface area (TPSA) is 72.9 Å². The second kappa shape index (κ2) is 8.46. The highest BCUT2D eigenvalue weighted by atomic mass is 19.1. The summed E-state index contributed by atoms with van der Waals surface area (Å²) in [6.45, 7) is 0.286. The minimum Gasteiger partial charge on any atom is -0.483 e. The fourth-order valence-corrected chi connectivity index (χ4v) is 5.07. The average molecular weight is 449 g/mol. The highest BCUT2D eigenvalue weighted by Crippen LogP contribution is 2.47. The molecular weight excluding hydrogens is 425 g/mol. The number of carbonyl (C=O) groups is 3. The summed E-state index contributed by atoms with van der Waals surface area (Å²) in [6.07, 6.45) is -0.653. The molecule has 33 heavy (non-hydrogen) atoms. The van der Waals surface area contributed by atoms with Gasteiger partial charge in [-0.15, -0.1) is 0 Å². The Hall–Kier alpha value is -3.48. The summed E-state index contributed by atoms with van der Waals surface area (Å²) in [4.78, 5) is 40.5. The van der Waals surface area contributed by atoms with Crippen molar-refractivity contribution in [1.29, 1.82) is 0 Å². The molecule has 2 aromatic rings. The highest BCUT2D eigenvalue weighted by molar-refractivity contribution is 6.11. The first-order chi connectivity index (χ1) is 16.0. The number of rotatable bonds is 4. The Labute approximate surface area is 191 Å². The lowest BCUT2D eigenvalue weighted by Crippen LogP contribution is -2.42. The molecule has 1 fully saturated rings. The van der Waals surface area contributed by atoms with Crippen LogP contribution < -0.4 is 0 Å². The first-order valence-electron chi connectivity index (χ1n) is 11.1. The Morgan fingerprint density at radius 2 is 1.82 bits per heavy atom. The van der Waals surface area contributed by atoms with Crippen LogP contribution in [0, 0.1) is 5.92 Å². The van der Waals surface area contributed by atoms with E-state index in [2.05, 4.69) is 0 Å². The maximum Gasteiger partial charge on any atom is 0.337 e. The molecule has 2 heterocycles. The zero-order valence-corrected chi connectivity index (χ0v) is 18.2. The van der Waals surface area contributed by atoms with Gasteiger partial charge in [-0.05, 0) is 42.5 Å². The first kappa shape index (κ1) is 21.4. The summed E-state index contributed by atoms with van der Waals surface area (Å²) in [5.74, 6) is -1.54. The molecule has 0 radical (unpaired) electrons. The van der Waals surface area contributed by atoms with Crippen molar-refractivity contribution < 1.29 is 28.2 Å². The lowest BCUT2D eigenvalue weighted by Gasteiger charge is -2.36. The third-order valence-corrected chi connectivity index (χ3v) is 6.72. The molecule has 170 valence electrons. The van der Waals surface area contributed by atoms with Crippen LogP contribution in [-0.4, -0.2) is 41.9 Å². The van der Waals surface area contributed by atoms with E-state index in [1.807, 2.05) is 30.3 Å². The number of ketones is 1. The second-order valence-corrected chi connectivity index (χ2v) is 8.71. The van der Waals surface area contributed by atoms with Crippen molar-refractivity contribution in [3.8, 4) is 0 Å². The fraction of sp³-hybridized carbons (Fsp3) is 0.346. The Kier molecular flexibility index (Phi) is 5.48. The molecule has 3 aliphatic rings. The van der Waals surface area contributed by atoms with Gasteiger partial charge in [0.1, 0.15) is 12.3 Å². The van der Waals surface area contributed by atoms with Gasteiger partial charge < -0.3 is 14.4 Å². The molecule has 0 spiro atoms. The number of esters is 1. The number of fused-ring (bicyclic) bond motifs is 1. The summed E-state index contributed by atoms with van der Waals surface area (Å²) < 4.78 is 25.0. The largest absolute Gasteiger partial charge is 0.483 e. The van der Waals surface area contributed by atoms with Gasteiger partial charge in [-0.2, -0.15) is 0 Å². The predicted molar refractivity (Wildman–Crippen MR) is 117 cm³/mol. The van der Waals surface area contributed by atoms with E-state index < -0.39 is 30.2 Å². The predicted octanol–water partition coefficient (Wildman–Crippen LogP) is 3.92. The van der Waals surface area contributed by atoms with E-state index >= 15 is 0 Å². The standard InChI is InChI=1S/C26H24FNO5/c1-32-26(31)17-9-7-16(8-10-17)22-21-23(29)19-13-18(27)11-12-20(19)33-24(21)25(30)28(22)14-15-5-3-2-4-6-15/h2-10,18-20,22H,11-14H2,1H3. The zero-order chi connectivity index (χ0) is 23.1. The van der Waals surface area contributed by atoms with Crippen molar-refractivity contribution in [2.45, 2.75) is 44.1 Å². The van der Waals surface area contributed by atoms with E-state index in [9.17, 15) is 18.8 Å². The van der Waals surface area contributed by atoms with Crippen LogP contribution in [0.15, 0.2) is 65.9 Å². The lowest BCUT2D eigenvalue weighted by atomic mass is 9.77. The molecule has 0 saturated heterocycles. The Bertz CT molecular complexity index is 1130. The number of Topliss-reactive ketones (excluding diaryl/α,β-unsaturated/α-hetero) is 1. The van der Waals surface area contributed by atoms with Crippen LogP contribution in [0.5, 0.6) is 0 Å². The molecule has 6 nitrogen and oxygen atoms in total. The van der Waals surface area contributed by atoms with Gasteiger partial charge in [-0.25, -0.2) is 9.18 Å². The van der Waals surface area contributed by atoms with Crippen LogP contribution in [0.2, 0.25) is 0 Å². The van der Waals surface area contributed by atoms with Gasteiger partial charge in [0.15, 0.2) is 11.5 Å². The SMILES string of the molecule is COC(=O)c1ccc(C2C3=C(OC4CCC(F)CC4C3=O)C(=O)N2Cc2ccccc2)cc1. The first-order valence-corrected chi connectivity index (χ1v) is 11.1. The number of benzene rings is 2. The van der Waals surface area contributed by atoms with E-state index in [0.717, 1.165) is 5.56 Å². The molecule has 4 unspecified atom stereocenters. The van der Waals surface area contributed by atoms with Crippen molar-refractivity contribution >= 4 is 17.7 Å². The normalized spacial score (nSPS) is 26.5. The maximum absolute atomic E-state index is 14.1. The molecule has 5 rings (SSSR count). The molecule has 2 aliphatic heterocycles. The summed E-state index contributed by atoms with van der Waals surface area (Å²) in [7, 11) is 1.31. The number of methoxy groups -OCH3 is 1. The third kappa shape index (κ3) is 3.71. The Morgan fingerprint density at radius 1 is 1.09 bits per heavy atom.